The average Bonchev–Trinajstić information content (AvgIpc) is 2.26. The van der Waals surface area contributed by atoms with Crippen LogP contribution in [0.15, 0.2) is 17.2 Å². The van der Waals surface area contributed by atoms with E-state index < -0.39 is 33.0 Å². The number of azide groups is 1. The second kappa shape index (κ2) is 5.85. The van der Waals surface area contributed by atoms with E-state index in [1.165, 1.54) is 0 Å². The van der Waals surface area contributed by atoms with Crippen molar-refractivity contribution in [1.29, 1.82) is 0 Å². The molecule has 0 aromatic heterocycles. The van der Waals surface area contributed by atoms with Gasteiger partial charge in [-0.15, -0.1) is 0 Å². The molecule has 1 aromatic rings. The summed E-state index contributed by atoms with van der Waals surface area (Å²) in [6.45, 7) is 3.37. The van der Waals surface area contributed by atoms with Gasteiger partial charge in [0.1, 0.15) is 11.5 Å². The van der Waals surface area contributed by atoms with E-state index in [9.17, 15) is 17.2 Å². The van der Waals surface area contributed by atoms with E-state index in [-0.39, 0.29) is 11.7 Å². The highest BCUT2D eigenvalue weighted by Crippen LogP contribution is 2.29. The number of rotatable bonds is 5. The number of anilines is 1. The minimum Gasteiger partial charge on any atom is -0.281 e. The number of sulfonamides is 1. The Kier molecular flexibility index (Phi) is 4.68. The van der Waals surface area contributed by atoms with Gasteiger partial charge in [-0.05, 0) is 23.6 Å². The van der Waals surface area contributed by atoms with Gasteiger partial charge in [0.15, 0.2) is 5.82 Å². The predicted molar refractivity (Wildman–Crippen MR) is 67.4 cm³/mol. The van der Waals surface area contributed by atoms with E-state index in [2.05, 4.69) is 10.0 Å². The van der Waals surface area contributed by atoms with Crippen LogP contribution in [0.5, 0.6) is 0 Å². The lowest BCUT2D eigenvalue weighted by atomic mass is 10.2. The highest BCUT2D eigenvalue weighted by atomic mass is 32.2. The molecule has 9 heteroatoms. The van der Waals surface area contributed by atoms with Crippen LogP contribution in [0.1, 0.15) is 13.8 Å². The first-order valence-corrected chi connectivity index (χ1v) is 6.95. The molecular weight excluding hydrogens is 278 g/mol. The highest BCUT2D eigenvalue weighted by Gasteiger charge is 2.18. The summed E-state index contributed by atoms with van der Waals surface area (Å²) in [5.41, 5.74) is 6.87. The van der Waals surface area contributed by atoms with Crippen LogP contribution in [0.2, 0.25) is 0 Å². The normalized spacial score (nSPS) is 11.2. The van der Waals surface area contributed by atoms with E-state index in [0.29, 0.717) is 0 Å². The van der Waals surface area contributed by atoms with Crippen molar-refractivity contribution in [2.24, 2.45) is 11.0 Å². The smallest absolute Gasteiger partial charge is 0.233 e. The summed E-state index contributed by atoms with van der Waals surface area (Å²) in [4.78, 5) is 2.28. The van der Waals surface area contributed by atoms with Gasteiger partial charge in [-0.25, -0.2) is 17.2 Å². The molecule has 0 atom stereocenters. The molecule has 1 aromatic carbocycles. The van der Waals surface area contributed by atoms with Crippen molar-refractivity contribution in [2.75, 3.05) is 10.5 Å². The van der Waals surface area contributed by atoms with Crippen molar-refractivity contribution in [1.82, 2.24) is 0 Å². The molecule has 0 bridgehead atoms. The number of nitrogens with zero attached hydrogens (tertiary/aromatic N) is 3. The molecule has 0 aliphatic rings. The molecule has 0 aliphatic carbocycles. The monoisotopic (exact) mass is 290 g/mol. The molecule has 6 nitrogen and oxygen atoms in total. The Balaban J connectivity index is 3.17. The van der Waals surface area contributed by atoms with Crippen LogP contribution in [0.25, 0.3) is 10.4 Å². The minimum absolute atomic E-state index is 0.155. The maximum atomic E-state index is 13.8. The number of hydrogen-bond donors (Lipinski definition) is 1. The van der Waals surface area contributed by atoms with Crippen molar-refractivity contribution < 1.29 is 17.2 Å². The number of benzene rings is 1. The van der Waals surface area contributed by atoms with Crippen LogP contribution in [0.4, 0.5) is 20.2 Å². The van der Waals surface area contributed by atoms with Crippen molar-refractivity contribution >= 4 is 21.4 Å². The first kappa shape index (κ1) is 15.2. The fraction of sp³-hybridized carbons (Fsp3) is 0.400. The summed E-state index contributed by atoms with van der Waals surface area (Å²) in [6, 6.07) is 1.75. The lowest BCUT2D eigenvalue weighted by molar-refractivity contribution is 0.580. The third kappa shape index (κ3) is 4.08. The quantitative estimate of drug-likeness (QED) is 0.511. The molecule has 0 spiro atoms. The van der Waals surface area contributed by atoms with Gasteiger partial charge in [0.2, 0.25) is 10.0 Å². The fourth-order valence-corrected chi connectivity index (χ4v) is 2.86. The second-order valence-corrected chi connectivity index (χ2v) is 5.99. The molecule has 1 N–H and O–H groups in total. The van der Waals surface area contributed by atoms with Crippen LogP contribution in [0.3, 0.4) is 0 Å². The van der Waals surface area contributed by atoms with Gasteiger partial charge in [0.05, 0.1) is 11.4 Å². The number of hydrogen-bond acceptors (Lipinski definition) is 3. The SMILES string of the molecule is CC(C)CS(=O)(=O)Nc1ccc(F)c(N=[N+]=[N-])c1F. The molecule has 0 aliphatic heterocycles. The van der Waals surface area contributed by atoms with Gasteiger partial charge in [0.25, 0.3) is 0 Å². The largest absolute Gasteiger partial charge is 0.281 e. The van der Waals surface area contributed by atoms with E-state index in [0.717, 1.165) is 12.1 Å². The van der Waals surface area contributed by atoms with Crippen molar-refractivity contribution in [3.63, 3.8) is 0 Å². The Morgan fingerprint density at radius 1 is 1.42 bits per heavy atom. The molecule has 0 radical (unpaired) electrons. The second-order valence-electron chi connectivity index (χ2n) is 4.22. The van der Waals surface area contributed by atoms with E-state index in [1.807, 2.05) is 4.72 Å². The topological polar surface area (TPSA) is 94.9 Å². The minimum atomic E-state index is -3.75. The summed E-state index contributed by atoms with van der Waals surface area (Å²) >= 11 is 0. The van der Waals surface area contributed by atoms with Crippen LogP contribution in [-0.4, -0.2) is 14.2 Å². The lowest BCUT2D eigenvalue weighted by Crippen LogP contribution is -2.20. The summed E-state index contributed by atoms with van der Waals surface area (Å²) < 4.78 is 52.2. The third-order valence-electron chi connectivity index (χ3n) is 2.03. The Labute approximate surface area is 109 Å². The van der Waals surface area contributed by atoms with Crippen molar-refractivity contribution in [3.05, 3.63) is 34.2 Å². The summed E-state index contributed by atoms with van der Waals surface area (Å²) in [6.07, 6.45) is 0. The molecule has 19 heavy (non-hydrogen) atoms. The number of nitrogens with one attached hydrogen (secondary N) is 1. The zero-order chi connectivity index (χ0) is 14.6. The maximum absolute atomic E-state index is 13.8. The average molecular weight is 290 g/mol. The molecule has 104 valence electrons. The Morgan fingerprint density at radius 3 is 2.58 bits per heavy atom. The molecule has 0 unspecified atom stereocenters. The Morgan fingerprint density at radius 2 is 2.05 bits per heavy atom. The van der Waals surface area contributed by atoms with E-state index in [4.69, 9.17) is 5.53 Å². The zero-order valence-corrected chi connectivity index (χ0v) is 11.1. The van der Waals surface area contributed by atoms with E-state index >= 15 is 0 Å². The van der Waals surface area contributed by atoms with Gasteiger partial charge in [-0.1, -0.05) is 19.0 Å². The Hall–Kier alpha value is -1.86. The molecule has 0 amide bonds. The summed E-state index contributed by atoms with van der Waals surface area (Å²) in [7, 11) is -3.75. The van der Waals surface area contributed by atoms with Gasteiger partial charge >= 0.3 is 0 Å². The zero-order valence-electron chi connectivity index (χ0n) is 10.3. The van der Waals surface area contributed by atoms with E-state index in [1.54, 1.807) is 13.8 Å². The molecule has 0 saturated carbocycles. The van der Waals surface area contributed by atoms with Crippen LogP contribution in [0, 0.1) is 17.6 Å². The lowest BCUT2D eigenvalue weighted by Gasteiger charge is -2.11. The predicted octanol–water partition coefficient (Wildman–Crippen LogP) is 3.30. The van der Waals surface area contributed by atoms with Gasteiger partial charge in [-0.2, -0.15) is 0 Å². The van der Waals surface area contributed by atoms with Gasteiger partial charge in [-0.3, -0.25) is 4.72 Å². The van der Waals surface area contributed by atoms with Crippen LogP contribution < -0.4 is 4.72 Å². The molecule has 0 fully saturated rings. The summed E-state index contributed by atoms with van der Waals surface area (Å²) in [5.74, 6) is -2.68. The fourth-order valence-electron chi connectivity index (χ4n) is 1.40. The summed E-state index contributed by atoms with van der Waals surface area (Å²) in [5, 5.41) is 2.85. The van der Waals surface area contributed by atoms with Crippen LogP contribution in [-0.2, 0) is 10.0 Å². The molecule has 1 rings (SSSR count). The van der Waals surface area contributed by atoms with Crippen LogP contribution >= 0.6 is 0 Å². The molecular formula is C10H12F2N4O2S. The number of halogens is 2. The molecule has 0 heterocycles. The first-order valence-electron chi connectivity index (χ1n) is 5.30. The Bertz CT molecular complexity index is 625. The van der Waals surface area contributed by atoms with Gasteiger partial charge in [0, 0.05) is 4.91 Å². The van der Waals surface area contributed by atoms with Crippen molar-refractivity contribution in [2.45, 2.75) is 13.8 Å². The van der Waals surface area contributed by atoms with Gasteiger partial charge < -0.3 is 0 Å². The maximum Gasteiger partial charge on any atom is 0.233 e. The molecule has 0 saturated heterocycles. The first-order chi connectivity index (χ1) is 8.76. The van der Waals surface area contributed by atoms with Crippen molar-refractivity contribution in [3.8, 4) is 0 Å². The standard InChI is InChI=1S/C10H12F2N4O2S/c1-6(2)5-19(17,18)15-8-4-3-7(11)10(9(8)12)14-16-13/h3-4,6,15H,5H2,1-2H3. The highest BCUT2D eigenvalue weighted by molar-refractivity contribution is 7.92. The third-order valence-corrected chi connectivity index (χ3v) is 3.67.